The zero-order chi connectivity index (χ0) is 34.4. The van der Waals surface area contributed by atoms with Gasteiger partial charge in [-0.25, -0.2) is 8.42 Å². The molecule has 0 spiro atoms. The van der Waals surface area contributed by atoms with Crippen molar-refractivity contribution < 1.29 is 31.2 Å². The Hall–Kier alpha value is -4.35. The number of likely N-dealkylation sites (N-methyl/N-ethyl adjacent to an activating group) is 1. The zero-order valence-electron chi connectivity index (χ0n) is 26.1. The Morgan fingerprint density at radius 1 is 0.894 bits per heavy atom. The van der Waals surface area contributed by atoms with E-state index in [9.17, 15) is 31.2 Å². The molecule has 0 fully saturated rings. The molecule has 4 rings (SSSR count). The largest absolute Gasteiger partial charge is 0.417 e. The summed E-state index contributed by atoms with van der Waals surface area (Å²) >= 11 is 5.87. The third kappa shape index (κ3) is 8.72. The monoisotopic (exact) mass is 685 g/mol. The highest BCUT2D eigenvalue weighted by Crippen LogP contribution is 2.38. The van der Waals surface area contributed by atoms with Crippen LogP contribution in [0.25, 0.3) is 0 Å². The van der Waals surface area contributed by atoms with Gasteiger partial charge < -0.3 is 10.2 Å². The van der Waals surface area contributed by atoms with E-state index in [1.165, 1.54) is 17.0 Å². The standard InChI is InChI=1S/C35H35ClF3N3O4S/c1-4-40-34(44)32(20-26-11-6-5-7-12-26)41(22-27-13-9-8-10-25(27)3)33(43)23-42(47(45,46)29-17-14-24(2)15-18-29)28-16-19-31(36)30(21-28)35(37,38)39/h5-19,21,32H,4,20,22-23H2,1-3H3,(H,40,44). The van der Waals surface area contributed by atoms with Crippen LogP contribution < -0.4 is 9.62 Å². The van der Waals surface area contributed by atoms with Crippen molar-refractivity contribution >= 4 is 39.1 Å². The van der Waals surface area contributed by atoms with Crippen LogP contribution in [0.5, 0.6) is 0 Å². The second kappa shape index (κ2) is 15.0. The predicted molar refractivity (Wildman–Crippen MR) is 177 cm³/mol. The van der Waals surface area contributed by atoms with Crippen molar-refractivity contribution in [1.82, 2.24) is 10.2 Å². The van der Waals surface area contributed by atoms with Gasteiger partial charge in [0.25, 0.3) is 10.0 Å². The van der Waals surface area contributed by atoms with Crippen LogP contribution in [0, 0.1) is 13.8 Å². The number of alkyl halides is 3. The number of nitrogens with zero attached hydrogens (tertiary/aromatic N) is 2. The second-order valence-corrected chi connectivity index (χ2v) is 13.3. The number of hydrogen-bond donors (Lipinski definition) is 1. The van der Waals surface area contributed by atoms with Gasteiger partial charge in [0.15, 0.2) is 0 Å². The molecule has 4 aromatic carbocycles. The second-order valence-electron chi connectivity index (χ2n) is 11.0. The smallest absolute Gasteiger partial charge is 0.355 e. The van der Waals surface area contributed by atoms with Crippen LogP contribution in [0.15, 0.2) is 102 Å². The number of halogens is 4. The van der Waals surface area contributed by atoms with Gasteiger partial charge in [-0.15, -0.1) is 0 Å². The molecule has 1 unspecified atom stereocenters. The molecule has 7 nitrogen and oxygen atoms in total. The molecular weight excluding hydrogens is 651 g/mol. The van der Waals surface area contributed by atoms with Crippen molar-refractivity contribution in [3.8, 4) is 0 Å². The minimum absolute atomic E-state index is 0.0625. The van der Waals surface area contributed by atoms with Crippen molar-refractivity contribution in [3.05, 3.63) is 130 Å². The number of nitrogens with one attached hydrogen (secondary N) is 1. The number of sulfonamides is 1. The molecule has 12 heteroatoms. The molecule has 0 aliphatic carbocycles. The van der Waals surface area contributed by atoms with Gasteiger partial charge in [0.1, 0.15) is 12.6 Å². The van der Waals surface area contributed by atoms with Crippen LogP contribution in [-0.2, 0) is 38.8 Å². The molecule has 0 heterocycles. The Kier molecular flexibility index (Phi) is 11.4. The maximum Gasteiger partial charge on any atom is 0.417 e. The lowest BCUT2D eigenvalue weighted by Gasteiger charge is -2.34. The topological polar surface area (TPSA) is 86.8 Å². The average Bonchev–Trinajstić information content (AvgIpc) is 3.03. The third-order valence-electron chi connectivity index (χ3n) is 7.66. The normalized spacial score (nSPS) is 12.3. The summed E-state index contributed by atoms with van der Waals surface area (Å²) in [5, 5.41) is 2.15. The van der Waals surface area contributed by atoms with Crippen LogP contribution in [0.1, 0.15) is 34.7 Å². The van der Waals surface area contributed by atoms with Gasteiger partial charge in [-0.3, -0.25) is 13.9 Å². The molecule has 1 N–H and O–H groups in total. The SMILES string of the molecule is CCNC(=O)C(Cc1ccccc1)N(Cc1ccccc1C)C(=O)CN(c1ccc(Cl)c(C(F)(F)F)c1)S(=O)(=O)c1ccc(C)cc1. The summed E-state index contributed by atoms with van der Waals surface area (Å²) in [5.74, 6) is -1.25. The summed E-state index contributed by atoms with van der Waals surface area (Å²) in [7, 11) is -4.60. The fourth-order valence-electron chi connectivity index (χ4n) is 5.07. The van der Waals surface area contributed by atoms with Gasteiger partial charge in [0.2, 0.25) is 11.8 Å². The molecule has 248 valence electrons. The van der Waals surface area contributed by atoms with Gasteiger partial charge in [0, 0.05) is 19.5 Å². The molecule has 0 saturated heterocycles. The number of aryl methyl sites for hydroxylation is 2. The minimum atomic E-state index is -4.90. The van der Waals surface area contributed by atoms with Crippen molar-refractivity contribution in [2.75, 3.05) is 17.4 Å². The molecule has 0 aromatic heterocycles. The maximum atomic E-state index is 14.5. The van der Waals surface area contributed by atoms with E-state index < -0.39 is 56.9 Å². The van der Waals surface area contributed by atoms with E-state index in [1.807, 2.05) is 37.3 Å². The van der Waals surface area contributed by atoms with E-state index in [0.717, 1.165) is 28.8 Å². The van der Waals surface area contributed by atoms with Crippen LogP contribution in [0.3, 0.4) is 0 Å². The van der Waals surface area contributed by atoms with E-state index in [4.69, 9.17) is 11.6 Å². The number of amides is 2. The molecule has 0 aliphatic heterocycles. The van der Waals surface area contributed by atoms with Gasteiger partial charge in [-0.05, 0) is 67.8 Å². The lowest BCUT2D eigenvalue weighted by molar-refractivity contribution is -0.140. The first kappa shape index (κ1) is 35.5. The summed E-state index contributed by atoms with van der Waals surface area (Å²) in [5.41, 5.74) is 1.38. The summed E-state index contributed by atoms with van der Waals surface area (Å²) in [6.07, 6.45) is -4.79. The van der Waals surface area contributed by atoms with Crippen LogP contribution >= 0.6 is 11.6 Å². The van der Waals surface area contributed by atoms with Crippen molar-refractivity contribution in [1.29, 1.82) is 0 Å². The molecule has 47 heavy (non-hydrogen) atoms. The van der Waals surface area contributed by atoms with Gasteiger partial charge in [-0.1, -0.05) is 83.9 Å². The average molecular weight is 686 g/mol. The molecule has 2 amide bonds. The van der Waals surface area contributed by atoms with Crippen LogP contribution in [0.2, 0.25) is 5.02 Å². The molecule has 1 atom stereocenters. The molecule has 0 saturated carbocycles. The molecule has 0 radical (unpaired) electrons. The Morgan fingerprint density at radius 2 is 1.53 bits per heavy atom. The van der Waals surface area contributed by atoms with Crippen molar-refractivity contribution in [2.45, 2.75) is 50.9 Å². The molecule has 0 bridgehead atoms. The predicted octanol–water partition coefficient (Wildman–Crippen LogP) is 6.95. The number of rotatable bonds is 12. The number of carbonyl (C=O) groups is 2. The molecule has 0 aliphatic rings. The molecular formula is C35H35ClF3N3O4S. The highest BCUT2D eigenvalue weighted by molar-refractivity contribution is 7.92. The highest BCUT2D eigenvalue weighted by Gasteiger charge is 2.37. The number of anilines is 1. The van der Waals surface area contributed by atoms with E-state index in [0.29, 0.717) is 15.9 Å². The molecule has 4 aromatic rings. The summed E-state index contributed by atoms with van der Waals surface area (Å²) < 4.78 is 70.7. The Balaban J connectivity index is 1.87. The summed E-state index contributed by atoms with van der Waals surface area (Å²) in [6, 6.07) is 23.6. The first-order valence-electron chi connectivity index (χ1n) is 14.8. The lowest BCUT2D eigenvalue weighted by Crippen LogP contribution is -2.53. The summed E-state index contributed by atoms with van der Waals surface area (Å²) in [4.78, 5) is 29.1. The highest BCUT2D eigenvalue weighted by atomic mass is 35.5. The summed E-state index contributed by atoms with van der Waals surface area (Å²) in [6.45, 7) is 4.65. The van der Waals surface area contributed by atoms with Gasteiger partial charge >= 0.3 is 6.18 Å². The van der Waals surface area contributed by atoms with Crippen LogP contribution in [-0.4, -0.2) is 44.3 Å². The fraction of sp³-hybridized carbons (Fsp3) is 0.257. The van der Waals surface area contributed by atoms with E-state index in [-0.39, 0.29) is 24.4 Å². The van der Waals surface area contributed by atoms with E-state index in [2.05, 4.69) is 5.32 Å². The van der Waals surface area contributed by atoms with Gasteiger partial charge in [-0.2, -0.15) is 13.2 Å². The zero-order valence-corrected chi connectivity index (χ0v) is 27.7. The van der Waals surface area contributed by atoms with E-state index >= 15 is 0 Å². The number of carbonyl (C=O) groups excluding carboxylic acids is 2. The lowest BCUT2D eigenvalue weighted by atomic mass is 10.0. The van der Waals surface area contributed by atoms with E-state index in [1.54, 1.807) is 50.2 Å². The Labute approximate surface area is 278 Å². The first-order chi connectivity index (χ1) is 22.2. The third-order valence-corrected chi connectivity index (χ3v) is 9.77. The number of hydrogen-bond acceptors (Lipinski definition) is 4. The quantitative estimate of drug-likeness (QED) is 0.175. The first-order valence-corrected chi connectivity index (χ1v) is 16.7. The van der Waals surface area contributed by atoms with Crippen LogP contribution in [0.4, 0.5) is 18.9 Å². The van der Waals surface area contributed by atoms with Gasteiger partial charge in [0.05, 0.1) is 21.2 Å². The Bertz CT molecular complexity index is 1820. The maximum absolute atomic E-state index is 14.5. The minimum Gasteiger partial charge on any atom is -0.355 e. The fourth-order valence-corrected chi connectivity index (χ4v) is 6.70. The Morgan fingerprint density at radius 3 is 2.15 bits per heavy atom. The van der Waals surface area contributed by atoms with Crippen molar-refractivity contribution in [3.63, 3.8) is 0 Å². The number of benzene rings is 4. The van der Waals surface area contributed by atoms with Crippen molar-refractivity contribution in [2.24, 2.45) is 0 Å².